The third-order valence-corrected chi connectivity index (χ3v) is 3.34. The van der Waals surface area contributed by atoms with E-state index in [0.717, 1.165) is 29.7 Å². The van der Waals surface area contributed by atoms with Gasteiger partial charge in [0.15, 0.2) is 0 Å². The van der Waals surface area contributed by atoms with E-state index in [-0.39, 0.29) is 5.91 Å². The van der Waals surface area contributed by atoms with Crippen molar-refractivity contribution in [3.63, 3.8) is 0 Å². The Morgan fingerprint density at radius 1 is 1.13 bits per heavy atom. The van der Waals surface area contributed by atoms with Crippen LogP contribution < -0.4 is 10.2 Å². The summed E-state index contributed by atoms with van der Waals surface area (Å²) >= 11 is 0. The molecule has 0 saturated heterocycles. The van der Waals surface area contributed by atoms with Gasteiger partial charge in [-0.25, -0.2) is 5.43 Å². The van der Waals surface area contributed by atoms with Gasteiger partial charge in [-0.2, -0.15) is 5.10 Å². The molecule has 4 heteroatoms. The average Bonchev–Trinajstić information content (AvgIpc) is 2.60. The normalized spacial score (nSPS) is 10.7. The van der Waals surface area contributed by atoms with Crippen LogP contribution in [0.15, 0.2) is 59.7 Å². The number of ether oxygens (including phenoxy) is 1. The molecule has 0 bridgehead atoms. The summed E-state index contributed by atoms with van der Waals surface area (Å²) in [6.07, 6.45) is 4.04. The maximum atomic E-state index is 11.5. The largest absolute Gasteiger partial charge is 0.489 e. The van der Waals surface area contributed by atoms with Crippen molar-refractivity contribution >= 4 is 12.1 Å². The van der Waals surface area contributed by atoms with Crippen molar-refractivity contribution in [1.29, 1.82) is 0 Å². The Morgan fingerprint density at radius 2 is 1.87 bits per heavy atom. The van der Waals surface area contributed by atoms with E-state index in [2.05, 4.69) is 17.5 Å². The van der Waals surface area contributed by atoms with Crippen molar-refractivity contribution in [3.05, 3.63) is 65.7 Å². The first-order chi connectivity index (χ1) is 11.3. The lowest BCUT2D eigenvalue weighted by molar-refractivity contribution is -0.121. The Labute approximate surface area is 137 Å². The number of para-hydroxylation sites is 1. The molecule has 120 valence electrons. The fraction of sp³-hybridized carbons (Fsp3) is 0.263. The zero-order valence-electron chi connectivity index (χ0n) is 13.4. The van der Waals surface area contributed by atoms with Crippen LogP contribution in [-0.4, -0.2) is 12.1 Å². The fourth-order valence-electron chi connectivity index (χ4n) is 2.04. The van der Waals surface area contributed by atoms with Gasteiger partial charge in [-0.1, -0.05) is 55.8 Å². The predicted molar refractivity (Wildman–Crippen MR) is 92.5 cm³/mol. The number of hydrogen-bond donors (Lipinski definition) is 1. The lowest BCUT2D eigenvalue weighted by Gasteiger charge is -2.08. The maximum absolute atomic E-state index is 11.5. The number of unbranched alkanes of at least 4 members (excludes halogenated alkanes) is 1. The number of hydrazone groups is 1. The SMILES string of the molecule is CCCCC(=O)N/N=C/c1ccccc1COc1ccccc1. The van der Waals surface area contributed by atoms with Crippen LogP contribution in [0, 0.1) is 0 Å². The van der Waals surface area contributed by atoms with Gasteiger partial charge in [-0.3, -0.25) is 4.79 Å². The van der Waals surface area contributed by atoms with Crippen LogP contribution in [0.2, 0.25) is 0 Å². The van der Waals surface area contributed by atoms with Crippen molar-refractivity contribution < 1.29 is 9.53 Å². The van der Waals surface area contributed by atoms with Gasteiger partial charge in [0.2, 0.25) is 5.91 Å². The molecule has 1 N–H and O–H groups in total. The third kappa shape index (κ3) is 5.94. The Bertz CT molecular complexity index is 639. The molecule has 0 spiro atoms. The number of carbonyl (C=O) groups excluding carboxylic acids is 1. The summed E-state index contributed by atoms with van der Waals surface area (Å²) in [5.74, 6) is 0.772. The van der Waals surface area contributed by atoms with E-state index in [0.29, 0.717) is 13.0 Å². The minimum absolute atomic E-state index is 0.0545. The number of rotatable bonds is 8. The highest BCUT2D eigenvalue weighted by atomic mass is 16.5. The van der Waals surface area contributed by atoms with Gasteiger partial charge in [0, 0.05) is 12.0 Å². The van der Waals surface area contributed by atoms with E-state index in [1.165, 1.54) is 0 Å². The van der Waals surface area contributed by atoms with Crippen molar-refractivity contribution in [2.24, 2.45) is 5.10 Å². The zero-order valence-corrected chi connectivity index (χ0v) is 13.4. The Hall–Kier alpha value is -2.62. The minimum Gasteiger partial charge on any atom is -0.489 e. The van der Waals surface area contributed by atoms with E-state index in [1.54, 1.807) is 6.21 Å². The molecular formula is C19H22N2O2. The summed E-state index contributed by atoms with van der Waals surface area (Å²) in [5.41, 5.74) is 4.50. The summed E-state index contributed by atoms with van der Waals surface area (Å²) < 4.78 is 5.76. The Kier molecular flexibility index (Phi) is 6.85. The molecular weight excluding hydrogens is 288 g/mol. The van der Waals surface area contributed by atoms with E-state index in [1.807, 2.05) is 54.6 Å². The summed E-state index contributed by atoms with van der Waals surface area (Å²) in [4.78, 5) is 11.5. The van der Waals surface area contributed by atoms with Gasteiger partial charge in [0.05, 0.1) is 6.21 Å². The van der Waals surface area contributed by atoms with Crippen LogP contribution in [-0.2, 0) is 11.4 Å². The first kappa shape index (κ1) is 16.7. The molecule has 2 aromatic rings. The molecule has 23 heavy (non-hydrogen) atoms. The number of nitrogens with zero attached hydrogens (tertiary/aromatic N) is 1. The van der Waals surface area contributed by atoms with Crippen molar-refractivity contribution in [2.75, 3.05) is 0 Å². The summed E-state index contributed by atoms with van der Waals surface area (Å²) in [6.45, 7) is 2.51. The van der Waals surface area contributed by atoms with Crippen LogP contribution in [0.25, 0.3) is 0 Å². The molecule has 0 aliphatic carbocycles. The van der Waals surface area contributed by atoms with Crippen molar-refractivity contribution in [1.82, 2.24) is 5.43 Å². The lowest BCUT2D eigenvalue weighted by atomic mass is 10.1. The van der Waals surface area contributed by atoms with E-state index in [4.69, 9.17) is 4.74 Å². The number of benzene rings is 2. The highest BCUT2D eigenvalue weighted by Gasteiger charge is 2.02. The Morgan fingerprint density at radius 3 is 2.65 bits per heavy atom. The van der Waals surface area contributed by atoms with Gasteiger partial charge >= 0.3 is 0 Å². The topological polar surface area (TPSA) is 50.7 Å². The first-order valence-corrected chi connectivity index (χ1v) is 7.87. The van der Waals surface area contributed by atoms with Crippen LogP contribution in [0.4, 0.5) is 0 Å². The molecule has 0 aliphatic heterocycles. The van der Waals surface area contributed by atoms with Crippen molar-refractivity contribution in [3.8, 4) is 5.75 Å². The maximum Gasteiger partial charge on any atom is 0.240 e. The van der Waals surface area contributed by atoms with Gasteiger partial charge < -0.3 is 4.74 Å². The summed E-state index contributed by atoms with van der Waals surface area (Å²) in [5, 5.41) is 4.03. The van der Waals surface area contributed by atoms with Crippen molar-refractivity contribution in [2.45, 2.75) is 32.8 Å². The standard InChI is InChI=1S/C19H22N2O2/c1-2-3-13-19(22)21-20-14-16-9-7-8-10-17(16)15-23-18-11-5-4-6-12-18/h4-12,14H,2-3,13,15H2,1H3,(H,21,22)/b20-14+. The fourth-order valence-corrected chi connectivity index (χ4v) is 2.04. The molecule has 0 atom stereocenters. The van der Waals surface area contributed by atoms with Crippen LogP contribution in [0.3, 0.4) is 0 Å². The Balaban J connectivity index is 1.93. The molecule has 0 saturated carbocycles. The second-order valence-electron chi connectivity index (χ2n) is 5.20. The highest BCUT2D eigenvalue weighted by Crippen LogP contribution is 2.13. The van der Waals surface area contributed by atoms with E-state index < -0.39 is 0 Å². The van der Waals surface area contributed by atoms with Gasteiger partial charge in [0.1, 0.15) is 12.4 Å². The van der Waals surface area contributed by atoms with Gasteiger partial charge in [-0.05, 0) is 24.1 Å². The average molecular weight is 310 g/mol. The molecule has 0 fully saturated rings. The molecule has 0 aliphatic rings. The molecule has 0 radical (unpaired) electrons. The molecule has 0 unspecified atom stereocenters. The smallest absolute Gasteiger partial charge is 0.240 e. The second-order valence-corrected chi connectivity index (χ2v) is 5.20. The minimum atomic E-state index is -0.0545. The van der Waals surface area contributed by atoms with Crippen LogP contribution in [0.1, 0.15) is 37.3 Å². The molecule has 2 aromatic carbocycles. The predicted octanol–water partition coefficient (Wildman–Crippen LogP) is 3.91. The number of carbonyl (C=O) groups is 1. The number of hydrogen-bond acceptors (Lipinski definition) is 3. The second kappa shape index (κ2) is 9.41. The molecule has 4 nitrogen and oxygen atoms in total. The molecule has 0 aromatic heterocycles. The van der Waals surface area contributed by atoms with E-state index >= 15 is 0 Å². The summed E-state index contributed by atoms with van der Waals surface area (Å²) in [6, 6.07) is 17.5. The van der Waals surface area contributed by atoms with Crippen LogP contribution in [0.5, 0.6) is 5.75 Å². The third-order valence-electron chi connectivity index (χ3n) is 3.34. The van der Waals surface area contributed by atoms with Gasteiger partial charge in [0.25, 0.3) is 0 Å². The molecule has 2 rings (SSSR count). The highest BCUT2D eigenvalue weighted by molar-refractivity contribution is 5.83. The monoisotopic (exact) mass is 310 g/mol. The quantitative estimate of drug-likeness (QED) is 0.594. The van der Waals surface area contributed by atoms with Crippen LogP contribution >= 0.6 is 0 Å². The number of nitrogens with one attached hydrogen (secondary N) is 1. The summed E-state index contributed by atoms with van der Waals surface area (Å²) in [7, 11) is 0. The molecule has 1 amide bonds. The molecule has 0 heterocycles. The number of amides is 1. The van der Waals surface area contributed by atoms with Gasteiger partial charge in [-0.15, -0.1) is 0 Å². The first-order valence-electron chi connectivity index (χ1n) is 7.87. The van der Waals surface area contributed by atoms with E-state index in [9.17, 15) is 4.79 Å². The zero-order chi connectivity index (χ0) is 16.3. The lowest BCUT2D eigenvalue weighted by Crippen LogP contribution is -2.17.